The summed E-state index contributed by atoms with van der Waals surface area (Å²) in [5, 5.41) is 50.6. The van der Waals surface area contributed by atoms with Gasteiger partial charge in [-0.25, -0.2) is 4.57 Å². The molecule has 1 aliphatic rings. The second kappa shape index (κ2) is 33.3. The molecule has 0 radical (unpaired) electrons. The van der Waals surface area contributed by atoms with Gasteiger partial charge in [0.2, 0.25) is 0 Å². The van der Waals surface area contributed by atoms with Crippen LogP contribution in [-0.2, 0) is 23.1 Å². The largest absolute Gasteiger partial charge is 0.472 e. The zero-order valence-corrected chi connectivity index (χ0v) is 41.7. The number of ether oxygens (including phenoxy) is 2. The van der Waals surface area contributed by atoms with E-state index in [0.717, 1.165) is 55.3 Å². The van der Waals surface area contributed by atoms with Crippen LogP contribution in [0.5, 0.6) is 0 Å². The molecule has 0 aromatic heterocycles. The summed E-state index contributed by atoms with van der Waals surface area (Å²) in [6.07, 6.45) is 12.6. The summed E-state index contributed by atoms with van der Waals surface area (Å²) in [4.78, 5) is 10.5. The molecule has 0 aromatic carbocycles. The van der Waals surface area contributed by atoms with Gasteiger partial charge in [-0.15, -0.1) is 0 Å². The normalized spacial score (nSPS) is 25.6. The van der Waals surface area contributed by atoms with E-state index in [1.54, 1.807) is 0 Å². The van der Waals surface area contributed by atoms with Crippen LogP contribution in [0.1, 0.15) is 198 Å². The van der Waals surface area contributed by atoms with Crippen LogP contribution in [0.25, 0.3) is 0 Å². The van der Waals surface area contributed by atoms with E-state index in [1.807, 2.05) is 0 Å². The van der Waals surface area contributed by atoms with Crippen molar-refractivity contribution in [3.05, 3.63) is 0 Å². The minimum absolute atomic E-state index is 0.139. The van der Waals surface area contributed by atoms with Gasteiger partial charge in [0.05, 0.1) is 13.2 Å². The van der Waals surface area contributed by atoms with E-state index < -0.39 is 50.6 Å². The molecule has 0 aliphatic heterocycles. The van der Waals surface area contributed by atoms with Crippen molar-refractivity contribution in [2.75, 3.05) is 26.4 Å². The summed E-state index contributed by atoms with van der Waals surface area (Å²) in [5.74, 6) is 5.61. The van der Waals surface area contributed by atoms with Crippen LogP contribution in [0.4, 0.5) is 0 Å². The third-order valence-corrected chi connectivity index (χ3v) is 14.3. The molecule has 0 aromatic rings. The van der Waals surface area contributed by atoms with Gasteiger partial charge in [-0.2, -0.15) is 0 Å². The molecular formula is C49H99O11P. The van der Waals surface area contributed by atoms with Crippen LogP contribution < -0.4 is 0 Å². The maximum atomic E-state index is 13.0. The summed E-state index contributed by atoms with van der Waals surface area (Å²) in [7, 11) is -4.92. The summed E-state index contributed by atoms with van der Waals surface area (Å²) < 4.78 is 35.5. The van der Waals surface area contributed by atoms with Crippen LogP contribution in [0.2, 0.25) is 0 Å². The molecular weight excluding hydrogens is 796 g/mol. The topological polar surface area (TPSA) is 175 Å². The maximum absolute atomic E-state index is 13.0. The van der Waals surface area contributed by atoms with E-state index in [1.165, 1.54) is 103 Å². The summed E-state index contributed by atoms with van der Waals surface area (Å²) in [5.41, 5.74) is 0. The molecule has 0 bridgehead atoms. The fraction of sp³-hybridized carbons (Fsp3) is 1.00. The smallest absolute Gasteiger partial charge is 0.387 e. The number of rotatable bonds is 38. The van der Waals surface area contributed by atoms with Gasteiger partial charge in [0.1, 0.15) is 42.7 Å². The lowest BCUT2D eigenvalue weighted by Gasteiger charge is -2.41. The highest BCUT2D eigenvalue weighted by Gasteiger charge is 2.51. The average Bonchev–Trinajstić information content (AvgIpc) is 3.18. The van der Waals surface area contributed by atoms with Gasteiger partial charge in [0.25, 0.3) is 0 Å². The first-order chi connectivity index (χ1) is 28.7. The van der Waals surface area contributed by atoms with Crippen molar-refractivity contribution < 1.29 is 53.5 Å². The zero-order chi connectivity index (χ0) is 46.0. The fourth-order valence-electron chi connectivity index (χ4n) is 8.64. The first kappa shape index (κ1) is 58.8. The Kier molecular flexibility index (Phi) is 32.1. The highest BCUT2D eigenvalue weighted by molar-refractivity contribution is 7.47. The van der Waals surface area contributed by atoms with Gasteiger partial charge < -0.3 is 39.9 Å². The van der Waals surface area contributed by atoms with Gasteiger partial charge in [0, 0.05) is 13.2 Å². The number of phosphoric acid groups is 1. The number of hydrogen-bond donors (Lipinski definition) is 6. The lowest BCUT2D eigenvalue weighted by Crippen LogP contribution is -2.64. The molecule has 6 N–H and O–H groups in total. The Morgan fingerprint density at radius 3 is 1.10 bits per heavy atom. The van der Waals surface area contributed by atoms with Crippen molar-refractivity contribution in [1.29, 1.82) is 0 Å². The second-order valence-corrected chi connectivity index (χ2v) is 22.3. The van der Waals surface area contributed by atoms with Crippen LogP contribution in [0.3, 0.4) is 0 Å². The number of aliphatic hydroxyl groups is 5. The van der Waals surface area contributed by atoms with Crippen molar-refractivity contribution in [2.24, 2.45) is 47.3 Å². The van der Waals surface area contributed by atoms with Crippen molar-refractivity contribution >= 4 is 7.82 Å². The molecule has 1 aliphatic carbocycles. The molecule has 1 fully saturated rings. The first-order valence-electron chi connectivity index (χ1n) is 25.0. The number of phosphoric ester groups is 1. The molecule has 0 saturated heterocycles. The first-order valence-corrected chi connectivity index (χ1v) is 26.5. The Hall–Kier alpha value is -0.170. The van der Waals surface area contributed by atoms with Crippen molar-refractivity contribution in [1.82, 2.24) is 0 Å². The molecule has 366 valence electrons. The van der Waals surface area contributed by atoms with Gasteiger partial charge >= 0.3 is 7.82 Å². The van der Waals surface area contributed by atoms with Gasteiger partial charge in [-0.05, 0) is 60.2 Å². The summed E-state index contributed by atoms with van der Waals surface area (Å²) in [6, 6.07) is 0. The Labute approximate surface area is 374 Å². The standard InChI is InChI=1S/C49H99O11P/c1-35(2)17-11-19-37(5)21-13-23-39(7)25-15-27-41(9)29-31-57-33-43(34-59-61(55,56)60-49-47(53)45(51)44(50)46(52)48(49)54)58-32-30-42(10)28-16-26-40(8)24-14-22-38(6)20-12-18-36(3)4/h35-54H,11-34H2,1-10H3,(H,55,56)/t37-,38+,39-,40+,41-,42+,43-,44?,45-,46+,47+,48+,49?/m0/s1. The highest BCUT2D eigenvalue weighted by Crippen LogP contribution is 2.47. The quantitative estimate of drug-likeness (QED) is 0.0257. The molecule has 3 unspecified atom stereocenters. The van der Waals surface area contributed by atoms with Crippen LogP contribution in [0, 0.1) is 47.3 Å². The van der Waals surface area contributed by atoms with Crippen molar-refractivity contribution in [2.45, 2.75) is 240 Å². The minimum Gasteiger partial charge on any atom is -0.387 e. The number of hydrogen-bond acceptors (Lipinski definition) is 10. The van der Waals surface area contributed by atoms with E-state index in [0.29, 0.717) is 31.0 Å². The van der Waals surface area contributed by atoms with Crippen LogP contribution in [-0.4, -0.2) is 99.6 Å². The van der Waals surface area contributed by atoms with Gasteiger partial charge in [-0.3, -0.25) is 9.05 Å². The highest BCUT2D eigenvalue weighted by atomic mass is 31.2. The molecule has 11 nitrogen and oxygen atoms in total. The monoisotopic (exact) mass is 895 g/mol. The molecule has 0 heterocycles. The fourth-order valence-corrected chi connectivity index (χ4v) is 9.61. The predicted octanol–water partition coefficient (Wildman–Crippen LogP) is 10.6. The second-order valence-electron chi connectivity index (χ2n) is 20.9. The molecule has 1 rings (SSSR count). The van der Waals surface area contributed by atoms with Crippen molar-refractivity contribution in [3.8, 4) is 0 Å². The summed E-state index contributed by atoms with van der Waals surface area (Å²) in [6.45, 7) is 24.0. The lowest BCUT2D eigenvalue weighted by molar-refractivity contribution is -0.220. The van der Waals surface area contributed by atoms with Crippen molar-refractivity contribution in [3.63, 3.8) is 0 Å². The Balaban J connectivity index is 2.55. The third-order valence-electron chi connectivity index (χ3n) is 13.3. The van der Waals surface area contributed by atoms with E-state index in [4.69, 9.17) is 18.5 Å². The minimum atomic E-state index is -4.92. The molecule has 12 heteroatoms. The van der Waals surface area contributed by atoms with E-state index in [-0.39, 0.29) is 13.2 Å². The number of aliphatic hydroxyl groups excluding tert-OH is 5. The molecule has 1 saturated carbocycles. The third kappa shape index (κ3) is 28.5. The SMILES string of the molecule is CC(C)CCC[C@@H](C)CCC[C@@H](C)CCC[C@@H](C)CCO[C@@H](COCC[C@@H](C)CCC[C@@H](C)CCC[C@@H](C)CCCC(C)C)COP(=O)(O)OC1[C@H](O)[C@H](O)C(O)[C@H](O)[C@H]1O. The predicted molar refractivity (Wildman–Crippen MR) is 248 cm³/mol. The average molecular weight is 895 g/mol. The molecule has 0 spiro atoms. The summed E-state index contributed by atoms with van der Waals surface area (Å²) >= 11 is 0. The van der Waals surface area contributed by atoms with E-state index in [9.17, 15) is 35.0 Å². The Morgan fingerprint density at radius 1 is 0.426 bits per heavy atom. The zero-order valence-electron chi connectivity index (χ0n) is 40.8. The van der Waals surface area contributed by atoms with Crippen LogP contribution in [0.15, 0.2) is 0 Å². The van der Waals surface area contributed by atoms with E-state index >= 15 is 0 Å². The van der Waals surface area contributed by atoms with Gasteiger partial charge in [-0.1, -0.05) is 185 Å². The molecule has 14 atom stereocenters. The van der Waals surface area contributed by atoms with Gasteiger partial charge in [0.15, 0.2) is 0 Å². The molecule has 61 heavy (non-hydrogen) atoms. The Morgan fingerprint density at radius 2 is 0.738 bits per heavy atom. The van der Waals surface area contributed by atoms with Crippen LogP contribution >= 0.6 is 7.82 Å². The maximum Gasteiger partial charge on any atom is 0.472 e. The lowest BCUT2D eigenvalue weighted by atomic mass is 9.85. The Bertz CT molecular complexity index is 1080. The molecule has 0 amide bonds. The van der Waals surface area contributed by atoms with E-state index in [2.05, 4.69) is 69.2 Å².